The fourth-order valence-corrected chi connectivity index (χ4v) is 7.11. The molecule has 0 unspecified atom stereocenters. The van der Waals surface area contributed by atoms with Gasteiger partial charge < -0.3 is 9.47 Å². The topological polar surface area (TPSA) is 52.6 Å². The monoisotopic (exact) mass is 544 g/mol. The van der Waals surface area contributed by atoms with Crippen molar-refractivity contribution in [1.29, 1.82) is 0 Å². The van der Waals surface area contributed by atoms with E-state index in [1.807, 2.05) is 121 Å². The number of carbonyl (C=O) groups is 2. The lowest BCUT2D eigenvalue weighted by molar-refractivity contribution is -0.153. The van der Waals surface area contributed by atoms with Gasteiger partial charge in [0.2, 0.25) is 0 Å². The summed E-state index contributed by atoms with van der Waals surface area (Å²) in [4.78, 5) is 26.3. The van der Waals surface area contributed by atoms with E-state index in [0.29, 0.717) is 5.56 Å². The van der Waals surface area contributed by atoms with E-state index in [2.05, 4.69) is 24.3 Å². The Hall–Kier alpha value is -4.53. The number of benzene rings is 5. The van der Waals surface area contributed by atoms with Gasteiger partial charge in [-0.3, -0.25) is 4.79 Å². The second kappa shape index (κ2) is 13.0. The number of esters is 2. The molecule has 0 saturated carbocycles. The molecule has 0 aliphatic heterocycles. The fraction of sp³-hybridized carbons (Fsp3) is 0.0857. The summed E-state index contributed by atoms with van der Waals surface area (Å²) in [6, 6.07) is 46.8. The Morgan fingerprint density at radius 2 is 0.925 bits per heavy atom. The van der Waals surface area contributed by atoms with E-state index >= 15 is 0 Å². The van der Waals surface area contributed by atoms with Crippen LogP contribution in [0.15, 0.2) is 146 Å². The minimum absolute atomic E-state index is 0.456. The van der Waals surface area contributed by atoms with Gasteiger partial charge >= 0.3 is 11.9 Å². The first-order valence-electron chi connectivity index (χ1n) is 13.1. The quantitative estimate of drug-likeness (QED) is 0.154. The van der Waals surface area contributed by atoms with E-state index in [-0.39, 0.29) is 0 Å². The number of hydrogen-bond donors (Lipinski definition) is 0. The van der Waals surface area contributed by atoms with Gasteiger partial charge in [-0.15, -0.1) is 0 Å². The third kappa shape index (κ3) is 6.36. The van der Waals surface area contributed by atoms with Crippen LogP contribution in [0.3, 0.4) is 0 Å². The highest BCUT2D eigenvalue weighted by Gasteiger charge is 2.33. The summed E-state index contributed by atoms with van der Waals surface area (Å²) in [7, 11) is -1.04. The van der Waals surface area contributed by atoms with Crippen LogP contribution in [-0.4, -0.2) is 11.9 Å². The Balaban J connectivity index is 1.58. The van der Waals surface area contributed by atoms with Crippen molar-refractivity contribution < 1.29 is 19.1 Å². The summed E-state index contributed by atoms with van der Waals surface area (Å²) < 4.78 is 12.1. The molecule has 5 aromatic rings. The van der Waals surface area contributed by atoms with Crippen molar-refractivity contribution in [2.75, 3.05) is 0 Å². The lowest BCUT2D eigenvalue weighted by Gasteiger charge is -2.28. The van der Waals surface area contributed by atoms with Gasteiger partial charge in [-0.2, -0.15) is 0 Å². The van der Waals surface area contributed by atoms with Gasteiger partial charge in [0.1, 0.15) is 0 Å². The zero-order chi connectivity index (χ0) is 27.7. The Morgan fingerprint density at radius 3 is 1.40 bits per heavy atom. The minimum atomic E-state index is -1.04. The average Bonchev–Trinajstić information content (AvgIpc) is 3.01. The Morgan fingerprint density at radius 1 is 0.525 bits per heavy atom. The molecule has 0 bridgehead atoms. The average molecular weight is 545 g/mol. The van der Waals surface area contributed by atoms with Crippen molar-refractivity contribution in [1.82, 2.24) is 0 Å². The highest BCUT2D eigenvalue weighted by atomic mass is 31.1. The maximum absolute atomic E-state index is 14.1. The highest BCUT2D eigenvalue weighted by Crippen LogP contribution is 2.38. The van der Waals surface area contributed by atoms with Crippen LogP contribution >= 0.6 is 7.92 Å². The predicted molar refractivity (Wildman–Crippen MR) is 161 cm³/mol. The first kappa shape index (κ1) is 27.1. The van der Waals surface area contributed by atoms with Crippen molar-refractivity contribution in [2.24, 2.45) is 0 Å². The van der Waals surface area contributed by atoms with Gasteiger partial charge in [0.15, 0.2) is 12.2 Å². The second-order valence-electron chi connectivity index (χ2n) is 9.20. The summed E-state index contributed by atoms with van der Waals surface area (Å²) in [5, 5.41) is 3.16. The van der Waals surface area contributed by atoms with Gasteiger partial charge in [0.25, 0.3) is 0 Å². The van der Waals surface area contributed by atoms with Crippen LogP contribution in [0, 0.1) is 0 Å². The summed E-state index contributed by atoms with van der Waals surface area (Å²) in [6.45, 7) is 1.36. The van der Waals surface area contributed by atoms with E-state index in [1.165, 1.54) is 6.92 Å². The molecule has 0 aliphatic carbocycles. The Labute approximate surface area is 236 Å². The lowest BCUT2D eigenvalue weighted by atomic mass is 9.97. The molecule has 2 atom stereocenters. The maximum atomic E-state index is 14.1. The molecule has 0 fully saturated rings. The van der Waals surface area contributed by atoms with Crippen LogP contribution < -0.4 is 15.9 Å². The normalized spacial score (nSPS) is 12.3. The summed E-state index contributed by atoms with van der Waals surface area (Å²) in [5.41, 5.74) is 1.96. The fourth-order valence-electron chi connectivity index (χ4n) is 4.67. The Bertz CT molecular complexity index is 1500. The van der Waals surface area contributed by atoms with Gasteiger partial charge in [0.05, 0.1) is 5.56 Å². The van der Waals surface area contributed by atoms with Gasteiger partial charge in [0, 0.05) is 6.92 Å². The number of hydrogen-bond acceptors (Lipinski definition) is 4. The summed E-state index contributed by atoms with van der Waals surface area (Å²) >= 11 is 0. The van der Waals surface area contributed by atoms with Crippen molar-refractivity contribution in [3.8, 4) is 0 Å². The molecule has 40 heavy (non-hydrogen) atoms. The van der Waals surface area contributed by atoms with Crippen LogP contribution in [0.25, 0.3) is 0 Å². The molecule has 5 aromatic carbocycles. The van der Waals surface area contributed by atoms with Crippen LogP contribution in [0.5, 0.6) is 0 Å². The third-order valence-corrected chi connectivity index (χ3v) is 8.95. The minimum Gasteiger partial charge on any atom is -0.453 e. The molecule has 0 amide bonds. The highest BCUT2D eigenvalue weighted by molar-refractivity contribution is 7.80. The molecule has 0 aromatic heterocycles. The van der Waals surface area contributed by atoms with Crippen molar-refractivity contribution >= 4 is 35.8 Å². The summed E-state index contributed by atoms with van der Waals surface area (Å²) in [5.74, 6) is -0.931. The third-order valence-electron chi connectivity index (χ3n) is 6.45. The van der Waals surface area contributed by atoms with Gasteiger partial charge in [-0.05, 0) is 41.0 Å². The summed E-state index contributed by atoms with van der Waals surface area (Å²) in [6.07, 6.45) is -1.67. The second-order valence-corrected chi connectivity index (χ2v) is 11.4. The number of carbonyl (C=O) groups excluding carboxylic acids is 2. The molecular formula is C35H29O4P. The predicted octanol–water partition coefficient (Wildman–Crippen LogP) is 6.65. The molecule has 5 heteroatoms. The zero-order valence-electron chi connectivity index (χ0n) is 22.1. The van der Waals surface area contributed by atoms with Crippen LogP contribution in [-0.2, 0) is 14.3 Å². The van der Waals surface area contributed by atoms with Crippen molar-refractivity contribution in [3.63, 3.8) is 0 Å². The number of rotatable bonds is 9. The SMILES string of the molecule is CC(=O)O[C@@H](c1ccccc1)[C@@H](OC(=O)c1ccccc1P(c1ccccc1)c1ccccc1)c1ccccc1. The van der Waals surface area contributed by atoms with Crippen LogP contribution in [0.2, 0.25) is 0 Å². The molecule has 0 aliphatic rings. The zero-order valence-corrected chi connectivity index (χ0v) is 23.0. The molecule has 0 N–H and O–H groups in total. The van der Waals surface area contributed by atoms with Crippen molar-refractivity contribution in [3.05, 3.63) is 162 Å². The van der Waals surface area contributed by atoms with Gasteiger partial charge in [-0.1, -0.05) is 140 Å². The van der Waals surface area contributed by atoms with E-state index in [0.717, 1.165) is 27.0 Å². The van der Waals surface area contributed by atoms with E-state index in [4.69, 9.17) is 9.47 Å². The smallest absolute Gasteiger partial charge is 0.339 e. The molecule has 5 rings (SSSR count). The molecule has 0 spiro atoms. The Kier molecular flexibility index (Phi) is 8.80. The molecular weight excluding hydrogens is 515 g/mol. The molecule has 4 nitrogen and oxygen atoms in total. The first-order valence-corrected chi connectivity index (χ1v) is 14.4. The van der Waals surface area contributed by atoms with Crippen molar-refractivity contribution in [2.45, 2.75) is 19.1 Å². The maximum Gasteiger partial charge on any atom is 0.339 e. The van der Waals surface area contributed by atoms with E-state index < -0.39 is 32.1 Å². The van der Waals surface area contributed by atoms with E-state index in [1.54, 1.807) is 0 Å². The lowest BCUT2D eigenvalue weighted by Crippen LogP contribution is -2.28. The molecule has 0 heterocycles. The molecule has 198 valence electrons. The standard InChI is InChI=1S/C35H29O4P/c1-26(36)38-33(27-16-6-2-7-17-27)34(28-18-8-3-9-19-28)39-35(37)31-24-14-15-25-32(31)40(29-20-10-4-11-21-29)30-22-12-5-13-23-30/h2-25,33-34H,1H3/t33-,34-/m0/s1. The van der Waals surface area contributed by atoms with E-state index in [9.17, 15) is 9.59 Å². The first-order chi connectivity index (χ1) is 19.6. The van der Waals surface area contributed by atoms with Crippen LogP contribution in [0.4, 0.5) is 0 Å². The van der Waals surface area contributed by atoms with Gasteiger partial charge in [-0.25, -0.2) is 4.79 Å². The number of ether oxygens (including phenoxy) is 2. The molecule has 0 saturated heterocycles. The van der Waals surface area contributed by atoms with Crippen LogP contribution in [0.1, 0.15) is 40.6 Å². The molecule has 0 radical (unpaired) electrons. The largest absolute Gasteiger partial charge is 0.453 e.